The third kappa shape index (κ3) is 4.70. The van der Waals surface area contributed by atoms with Gasteiger partial charge < -0.3 is 10.6 Å². The molecule has 0 aliphatic heterocycles. The summed E-state index contributed by atoms with van der Waals surface area (Å²) in [4.78, 5) is 8.76. The third-order valence-corrected chi connectivity index (χ3v) is 4.26. The van der Waals surface area contributed by atoms with Crippen LogP contribution >= 0.6 is 11.6 Å². The fraction of sp³-hybridized carbons (Fsp3) is 0.200. The number of halogens is 1. The van der Waals surface area contributed by atoms with Crippen LogP contribution in [0.5, 0.6) is 0 Å². The molecule has 0 spiro atoms. The maximum Gasteiger partial charge on any atom is 0.191 e. The van der Waals surface area contributed by atoms with Crippen molar-refractivity contribution in [1.29, 1.82) is 0 Å². The summed E-state index contributed by atoms with van der Waals surface area (Å²) in [6, 6.07) is 18.2. The van der Waals surface area contributed by atoms with Crippen molar-refractivity contribution >= 4 is 28.5 Å². The Bertz CT molecular complexity index is 854. The molecular weight excluding hydrogens is 332 g/mol. The summed E-state index contributed by atoms with van der Waals surface area (Å²) in [5, 5.41) is 8.60. The van der Waals surface area contributed by atoms with E-state index < -0.39 is 0 Å². The predicted molar refractivity (Wildman–Crippen MR) is 105 cm³/mol. The van der Waals surface area contributed by atoms with Crippen molar-refractivity contribution in [3.05, 3.63) is 76.9 Å². The Hall–Kier alpha value is -2.59. The number of para-hydroxylation sites is 1. The predicted octanol–water partition coefficient (Wildman–Crippen LogP) is 3.80. The molecular formula is C20H21ClN4. The number of aromatic nitrogens is 1. The van der Waals surface area contributed by atoms with Gasteiger partial charge in [0.1, 0.15) is 0 Å². The molecule has 1 heterocycles. The first-order valence-electron chi connectivity index (χ1n) is 8.28. The van der Waals surface area contributed by atoms with Crippen LogP contribution in [-0.2, 0) is 13.0 Å². The van der Waals surface area contributed by atoms with Crippen molar-refractivity contribution in [2.24, 2.45) is 4.99 Å². The minimum Gasteiger partial charge on any atom is -0.356 e. The van der Waals surface area contributed by atoms with Crippen LogP contribution in [0.15, 0.2) is 65.8 Å². The van der Waals surface area contributed by atoms with Crippen LogP contribution in [0.3, 0.4) is 0 Å². The number of aliphatic imine (C=N–C) groups is 1. The van der Waals surface area contributed by atoms with Crippen molar-refractivity contribution in [3.63, 3.8) is 0 Å². The summed E-state index contributed by atoms with van der Waals surface area (Å²) >= 11 is 5.91. The average Bonchev–Trinajstić information content (AvgIpc) is 2.66. The quantitative estimate of drug-likeness (QED) is 0.542. The highest BCUT2D eigenvalue weighted by Gasteiger charge is 2.03. The zero-order valence-corrected chi connectivity index (χ0v) is 14.9. The average molecular weight is 353 g/mol. The van der Waals surface area contributed by atoms with E-state index in [1.54, 1.807) is 7.05 Å². The van der Waals surface area contributed by atoms with Gasteiger partial charge in [-0.15, -0.1) is 0 Å². The van der Waals surface area contributed by atoms with Crippen LogP contribution in [0.4, 0.5) is 0 Å². The molecule has 2 aromatic carbocycles. The van der Waals surface area contributed by atoms with E-state index in [9.17, 15) is 0 Å². The van der Waals surface area contributed by atoms with Crippen LogP contribution in [0.25, 0.3) is 10.9 Å². The molecule has 0 radical (unpaired) electrons. The van der Waals surface area contributed by atoms with Crippen LogP contribution in [-0.4, -0.2) is 24.5 Å². The fourth-order valence-corrected chi connectivity index (χ4v) is 2.81. The first-order valence-corrected chi connectivity index (χ1v) is 8.65. The molecule has 4 nitrogen and oxygen atoms in total. The van der Waals surface area contributed by atoms with Gasteiger partial charge in [-0.3, -0.25) is 9.98 Å². The van der Waals surface area contributed by atoms with E-state index in [1.807, 2.05) is 36.5 Å². The SMILES string of the molecule is CN=C(NCCc1ccc(Cl)cc1)NCc1cccc2cccnc12. The molecule has 0 saturated heterocycles. The van der Waals surface area contributed by atoms with E-state index in [0.717, 1.165) is 40.4 Å². The Labute approximate surface area is 153 Å². The number of fused-ring (bicyclic) bond motifs is 1. The Kier molecular flexibility index (Phi) is 5.86. The Morgan fingerprint density at radius 2 is 1.84 bits per heavy atom. The van der Waals surface area contributed by atoms with E-state index in [2.05, 4.69) is 44.9 Å². The molecule has 25 heavy (non-hydrogen) atoms. The normalized spacial score (nSPS) is 11.5. The molecule has 3 aromatic rings. The van der Waals surface area contributed by atoms with Crippen LogP contribution < -0.4 is 10.6 Å². The second-order valence-corrected chi connectivity index (χ2v) is 6.16. The smallest absolute Gasteiger partial charge is 0.191 e. The van der Waals surface area contributed by atoms with Gasteiger partial charge in [0.25, 0.3) is 0 Å². The van der Waals surface area contributed by atoms with Gasteiger partial charge in [-0.1, -0.05) is 48.0 Å². The second kappa shape index (κ2) is 8.49. The zero-order valence-electron chi connectivity index (χ0n) is 14.2. The number of guanidine groups is 1. The summed E-state index contributed by atoms with van der Waals surface area (Å²) in [6.07, 6.45) is 2.73. The van der Waals surface area contributed by atoms with Crippen LogP contribution in [0.2, 0.25) is 5.02 Å². The second-order valence-electron chi connectivity index (χ2n) is 5.72. The van der Waals surface area contributed by atoms with Crippen molar-refractivity contribution in [2.45, 2.75) is 13.0 Å². The van der Waals surface area contributed by atoms with E-state index in [-0.39, 0.29) is 0 Å². The molecule has 0 atom stereocenters. The largest absolute Gasteiger partial charge is 0.356 e. The number of hydrogen-bond donors (Lipinski definition) is 2. The van der Waals surface area contributed by atoms with E-state index in [0.29, 0.717) is 6.54 Å². The highest BCUT2D eigenvalue weighted by molar-refractivity contribution is 6.30. The summed E-state index contributed by atoms with van der Waals surface area (Å²) in [6.45, 7) is 1.48. The monoisotopic (exact) mass is 352 g/mol. The molecule has 3 rings (SSSR count). The first-order chi connectivity index (χ1) is 12.3. The lowest BCUT2D eigenvalue weighted by Gasteiger charge is -2.13. The van der Waals surface area contributed by atoms with Gasteiger partial charge in [0.05, 0.1) is 5.52 Å². The van der Waals surface area contributed by atoms with Crippen molar-refractivity contribution < 1.29 is 0 Å². The number of hydrogen-bond acceptors (Lipinski definition) is 2. The number of pyridine rings is 1. The molecule has 0 aliphatic rings. The molecule has 0 unspecified atom stereocenters. The van der Waals surface area contributed by atoms with Crippen molar-refractivity contribution in [3.8, 4) is 0 Å². The number of nitrogens with zero attached hydrogens (tertiary/aromatic N) is 2. The van der Waals surface area contributed by atoms with Gasteiger partial charge in [-0.2, -0.15) is 0 Å². The standard InChI is InChI=1S/C20H21ClN4/c1-22-20(24-13-11-15-7-9-18(21)10-8-15)25-14-17-5-2-4-16-6-3-12-23-19(16)17/h2-10,12H,11,13-14H2,1H3,(H2,22,24,25). The number of nitrogens with one attached hydrogen (secondary N) is 2. The lowest BCUT2D eigenvalue weighted by Crippen LogP contribution is -2.37. The van der Waals surface area contributed by atoms with E-state index in [4.69, 9.17) is 11.6 Å². The van der Waals surface area contributed by atoms with Crippen LogP contribution in [0.1, 0.15) is 11.1 Å². The summed E-state index contributed by atoms with van der Waals surface area (Å²) in [5.41, 5.74) is 3.42. The fourth-order valence-electron chi connectivity index (χ4n) is 2.69. The Balaban J connectivity index is 1.54. The lowest BCUT2D eigenvalue weighted by atomic mass is 10.1. The highest BCUT2D eigenvalue weighted by Crippen LogP contribution is 2.15. The van der Waals surface area contributed by atoms with Gasteiger partial charge in [0.2, 0.25) is 0 Å². The number of benzene rings is 2. The van der Waals surface area contributed by atoms with Gasteiger partial charge in [-0.05, 0) is 35.7 Å². The summed E-state index contributed by atoms with van der Waals surface area (Å²) in [5.74, 6) is 0.780. The third-order valence-electron chi connectivity index (χ3n) is 4.01. The van der Waals surface area contributed by atoms with Gasteiger partial charge >= 0.3 is 0 Å². The van der Waals surface area contributed by atoms with Gasteiger partial charge in [0, 0.05) is 36.7 Å². The maximum atomic E-state index is 5.91. The van der Waals surface area contributed by atoms with E-state index in [1.165, 1.54) is 5.56 Å². The summed E-state index contributed by atoms with van der Waals surface area (Å²) in [7, 11) is 1.78. The lowest BCUT2D eigenvalue weighted by molar-refractivity contribution is 0.796. The van der Waals surface area contributed by atoms with Gasteiger partial charge in [-0.25, -0.2) is 0 Å². The molecule has 2 N–H and O–H groups in total. The maximum absolute atomic E-state index is 5.91. The minimum absolute atomic E-state index is 0.676. The number of rotatable bonds is 5. The Morgan fingerprint density at radius 3 is 2.64 bits per heavy atom. The van der Waals surface area contributed by atoms with Crippen molar-refractivity contribution in [2.75, 3.05) is 13.6 Å². The topological polar surface area (TPSA) is 49.3 Å². The molecule has 0 fully saturated rings. The zero-order chi connectivity index (χ0) is 17.5. The van der Waals surface area contributed by atoms with Crippen molar-refractivity contribution in [1.82, 2.24) is 15.6 Å². The molecule has 0 saturated carbocycles. The molecule has 0 aliphatic carbocycles. The molecule has 0 bridgehead atoms. The molecule has 1 aromatic heterocycles. The minimum atomic E-state index is 0.676. The van der Waals surface area contributed by atoms with E-state index >= 15 is 0 Å². The van der Waals surface area contributed by atoms with Crippen LogP contribution in [0, 0.1) is 0 Å². The molecule has 5 heteroatoms. The molecule has 0 amide bonds. The highest BCUT2D eigenvalue weighted by atomic mass is 35.5. The Morgan fingerprint density at radius 1 is 1.04 bits per heavy atom. The molecule has 128 valence electrons. The first kappa shape index (κ1) is 17.2. The van der Waals surface area contributed by atoms with Gasteiger partial charge in [0.15, 0.2) is 5.96 Å². The summed E-state index contributed by atoms with van der Waals surface area (Å²) < 4.78 is 0.